The molecule has 1 aromatic carbocycles. The summed E-state index contributed by atoms with van der Waals surface area (Å²) in [5, 5.41) is 8.91. The van der Waals surface area contributed by atoms with Gasteiger partial charge in [0.05, 0.1) is 12.7 Å². The lowest BCUT2D eigenvalue weighted by molar-refractivity contribution is 0.0696. The maximum absolute atomic E-state index is 11.4. The highest BCUT2D eigenvalue weighted by Crippen LogP contribution is 2.30. The van der Waals surface area contributed by atoms with Crippen molar-refractivity contribution in [1.29, 1.82) is 0 Å². The molecule has 0 aliphatic heterocycles. The first kappa shape index (κ1) is 12.6. The van der Waals surface area contributed by atoms with E-state index in [9.17, 15) is 9.59 Å². The molecule has 0 fully saturated rings. The summed E-state index contributed by atoms with van der Waals surface area (Å²) >= 11 is 0. The van der Waals surface area contributed by atoms with Gasteiger partial charge in [-0.2, -0.15) is 0 Å². The van der Waals surface area contributed by atoms with E-state index in [4.69, 9.17) is 14.6 Å². The predicted octanol–water partition coefficient (Wildman–Crippen LogP) is 1.27. The van der Waals surface area contributed by atoms with Gasteiger partial charge in [-0.25, -0.2) is 9.78 Å². The number of carboxylic acid groups (broad SMARTS) is 1. The number of methoxy groups -OCH3 is 1. The van der Waals surface area contributed by atoms with Crippen LogP contribution in [0.15, 0.2) is 35.4 Å². The minimum atomic E-state index is -1.11. The SMILES string of the molecule is COc1ccc(C(=O)O)cc1Oc1ncc[nH]c1=O. The molecule has 1 heterocycles. The predicted molar refractivity (Wildman–Crippen MR) is 64.9 cm³/mol. The Balaban J connectivity index is 2.43. The number of nitrogens with one attached hydrogen (secondary N) is 1. The normalized spacial score (nSPS) is 9.95. The number of nitrogens with zero attached hydrogens (tertiary/aromatic N) is 1. The summed E-state index contributed by atoms with van der Waals surface area (Å²) in [6.07, 6.45) is 2.71. The zero-order chi connectivity index (χ0) is 13.8. The van der Waals surface area contributed by atoms with Crippen molar-refractivity contribution in [1.82, 2.24) is 9.97 Å². The molecule has 7 nitrogen and oxygen atoms in total. The van der Waals surface area contributed by atoms with Gasteiger partial charge in [0.25, 0.3) is 5.88 Å². The van der Waals surface area contributed by atoms with Crippen molar-refractivity contribution in [2.24, 2.45) is 0 Å². The van der Waals surface area contributed by atoms with Gasteiger partial charge in [-0.3, -0.25) is 4.79 Å². The highest BCUT2D eigenvalue weighted by Gasteiger charge is 2.12. The molecule has 0 unspecified atom stereocenters. The number of carbonyl (C=O) groups is 1. The summed E-state index contributed by atoms with van der Waals surface area (Å²) in [6, 6.07) is 4.07. The van der Waals surface area contributed by atoms with Crippen molar-refractivity contribution in [2.45, 2.75) is 0 Å². The molecule has 0 atom stereocenters. The van der Waals surface area contributed by atoms with Crippen LogP contribution in [0.25, 0.3) is 0 Å². The number of aromatic carboxylic acids is 1. The average molecular weight is 262 g/mol. The van der Waals surface area contributed by atoms with Crippen molar-refractivity contribution >= 4 is 5.97 Å². The molecule has 0 saturated carbocycles. The van der Waals surface area contributed by atoms with Crippen LogP contribution in [0.1, 0.15) is 10.4 Å². The Morgan fingerprint density at radius 3 is 2.79 bits per heavy atom. The molecular weight excluding hydrogens is 252 g/mol. The number of ether oxygens (including phenoxy) is 2. The first-order valence-corrected chi connectivity index (χ1v) is 5.24. The third-order valence-electron chi connectivity index (χ3n) is 2.29. The van der Waals surface area contributed by atoms with E-state index >= 15 is 0 Å². The minimum Gasteiger partial charge on any atom is -0.493 e. The van der Waals surface area contributed by atoms with Crippen LogP contribution in [0.2, 0.25) is 0 Å². The summed E-state index contributed by atoms with van der Waals surface area (Å²) in [7, 11) is 1.41. The summed E-state index contributed by atoms with van der Waals surface area (Å²) < 4.78 is 10.3. The summed E-state index contributed by atoms with van der Waals surface area (Å²) in [6.45, 7) is 0. The second-order valence-corrected chi connectivity index (χ2v) is 3.50. The van der Waals surface area contributed by atoms with Crippen molar-refractivity contribution in [3.8, 4) is 17.4 Å². The fraction of sp³-hybridized carbons (Fsp3) is 0.0833. The smallest absolute Gasteiger partial charge is 0.335 e. The number of rotatable bonds is 4. The quantitative estimate of drug-likeness (QED) is 0.860. The minimum absolute atomic E-state index is 0.0168. The third-order valence-corrected chi connectivity index (χ3v) is 2.29. The average Bonchev–Trinajstić information content (AvgIpc) is 2.41. The van der Waals surface area contributed by atoms with Gasteiger partial charge in [-0.1, -0.05) is 0 Å². The van der Waals surface area contributed by atoms with Gasteiger partial charge in [0.1, 0.15) is 0 Å². The van der Waals surface area contributed by atoms with Crippen molar-refractivity contribution in [3.63, 3.8) is 0 Å². The Labute approximate surface area is 107 Å². The van der Waals surface area contributed by atoms with Crippen LogP contribution in [0.5, 0.6) is 17.4 Å². The van der Waals surface area contributed by atoms with E-state index < -0.39 is 11.5 Å². The van der Waals surface area contributed by atoms with Crippen LogP contribution in [-0.2, 0) is 0 Å². The zero-order valence-electron chi connectivity index (χ0n) is 9.91. The van der Waals surface area contributed by atoms with Crippen LogP contribution in [0.3, 0.4) is 0 Å². The Bertz CT molecular complexity index is 665. The molecule has 0 saturated heterocycles. The molecule has 0 bridgehead atoms. The second kappa shape index (κ2) is 5.21. The van der Waals surface area contributed by atoms with Crippen LogP contribution >= 0.6 is 0 Å². The van der Waals surface area contributed by atoms with E-state index in [1.165, 1.54) is 37.7 Å². The number of H-pyrrole nitrogens is 1. The fourth-order valence-electron chi connectivity index (χ4n) is 1.40. The molecule has 0 radical (unpaired) electrons. The molecule has 7 heteroatoms. The van der Waals surface area contributed by atoms with E-state index in [0.29, 0.717) is 5.75 Å². The molecule has 0 spiro atoms. The molecule has 2 N–H and O–H groups in total. The molecule has 19 heavy (non-hydrogen) atoms. The van der Waals surface area contributed by atoms with Crippen LogP contribution in [-0.4, -0.2) is 28.2 Å². The number of aromatic amines is 1. The Kier molecular flexibility index (Phi) is 3.46. The number of carboxylic acids is 1. The van der Waals surface area contributed by atoms with E-state index in [2.05, 4.69) is 9.97 Å². The molecule has 0 aliphatic carbocycles. The third kappa shape index (κ3) is 2.71. The van der Waals surface area contributed by atoms with Crippen molar-refractivity contribution in [3.05, 3.63) is 46.5 Å². The van der Waals surface area contributed by atoms with Crippen molar-refractivity contribution in [2.75, 3.05) is 7.11 Å². The molecule has 0 amide bonds. The first-order chi connectivity index (χ1) is 9.11. The van der Waals surface area contributed by atoms with Gasteiger partial charge in [0.15, 0.2) is 11.5 Å². The number of hydrogen-bond donors (Lipinski definition) is 2. The van der Waals surface area contributed by atoms with Crippen LogP contribution in [0.4, 0.5) is 0 Å². The topological polar surface area (TPSA) is 102 Å². The van der Waals surface area contributed by atoms with Gasteiger partial charge in [-0.05, 0) is 18.2 Å². The first-order valence-electron chi connectivity index (χ1n) is 5.24. The van der Waals surface area contributed by atoms with Crippen LogP contribution < -0.4 is 15.0 Å². The number of benzene rings is 1. The van der Waals surface area contributed by atoms with E-state index in [0.717, 1.165) is 0 Å². The van der Waals surface area contributed by atoms with Gasteiger partial charge >= 0.3 is 11.5 Å². The molecular formula is C12H10N2O5. The monoisotopic (exact) mass is 262 g/mol. The summed E-state index contributed by atoms with van der Waals surface area (Å²) in [4.78, 5) is 28.5. The standard InChI is InChI=1S/C12H10N2O5/c1-18-8-3-2-7(12(16)17)6-9(8)19-11-10(15)13-4-5-14-11/h2-6H,1H3,(H,13,15)(H,16,17). The zero-order valence-corrected chi connectivity index (χ0v) is 9.91. The van der Waals surface area contributed by atoms with Gasteiger partial charge < -0.3 is 19.6 Å². The number of aromatic nitrogens is 2. The molecule has 0 aliphatic rings. The molecule has 2 rings (SSSR count). The van der Waals surface area contributed by atoms with Gasteiger partial charge in [0.2, 0.25) is 0 Å². The van der Waals surface area contributed by atoms with E-state index in [1.54, 1.807) is 0 Å². The lowest BCUT2D eigenvalue weighted by Crippen LogP contribution is -2.10. The highest BCUT2D eigenvalue weighted by molar-refractivity contribution is 5.88. The lowest BCUT2D eigenvalue weighted by atomic mass is 10.2. The number of hydrogen-bond acceptors (Lipinski definition) is 5. The van der Waals surface area contributed by atoms with Gasteiger partial charge in [0, 0.05) is 12.4 Å². The summed E-state index contributed by atoms with van der Waals surface area (Å²) in [5.74, 6) is -0.896. The maximum Gasteiger partial charge on any atom is 0.335 e. The van der Waals surface area contributed by atoms with Gasteiger partial charge in [-0.15, -0.1) is 0 Å². The second-order valence-electron chi connectivity index (χ2n) is 3.50. The Morgan fingerprint density at radius 1 is 1.37 bits per heavy atom. The molecule has 1 aromatic heterocycles. The molecule has 98 valence electrons. The van der Waals surface area contributed by atoms with Crippen LogP contribution in [0, 0.1) is 0 Å². The van der Waals surface area contributed by atoms with E-state index in [1.807, 2.05) is 0 Å². The fourth-order valence-corrected chi connectivity index (χ4v) is 1.40. The Morgan fingerprint density at radius 2 is 2.16 bits per heavy atom. The summed E-state index contributed by atoms with van der Waals surface area (Å²) in [5.41, 5.74) is -0.506. The molecule has 2 aromatic rings. The maximum atomic E-state index is 11.4. The highest BCUT2D eigenvalue weighted by atomic mass is 16.5. The Hall–Kier alpha value is -2.83. The van der Waals surface area contributed by atoms with Crippen molar-refractivity contribution < 1.29 is 19.4 Å². The largest absolute Gasteiger partial charge is 0.493 e. The van der Waals surface area contributed by atoms with E-state index in [-0.39, 0.29) is 17.2 Å². The lowest BCUT2D eigenvalue weighted by Gasteiger charge is -2.09.